The predicted molar refractivity (Wildman–Crippen MR) is 140 cm³/mol. The largest absolute Gasteiger partial charge is 0.355 e. The summed E-state index contributed by atoms with van der Waals surface area (Å²) in [4.78, 5) is 27.5. The number of nitrogens with one attached hydrogen (secondary N) is 1. The van der Waals surface area contributed by atoms with Gasteiger partial charge in [0.05, 0.1) is 51.6 Å². The zero-order chi connectivity index (χ0) is 24.3. The summed E-state index contributed by atoms with van der Waals surface area (Å²) in [7, 11) is 4.11. The quantitative estimate of drug-likeness (QED) is 0.418. The number of pyridine rings is 1. The topological polar surface area (TPSA) is 73.3 Å². The Morgan fingerprint density at radius 3 is 2.54 bits per heavy atom. The molecule has 35 heavy (non-hydrogen) atoms. The lowest BCUT2D eigenvalue weighted by molar-refractivity contribution is 0.0982. The smallest absolute Gasteiger partial charge is 0.263 e. The van der Waals surface area contributed by atoms with Crippen LogP contribution in [0.4, 0.5) is 11.4 Å². The molecule has 5 heterocycles. The molecule has 1 N–H and O–H groups in total. The van der Waals surface area contributed by atoms with E-state index in [1.165, 1.54) is 0 Å². The second-order valence-corrected chi connectivity index (χ2v) is 10.2. The molecule has 1 amide bonds. The first-order chi connectivity index (χ1) is 16.9. The molecular formula is C25H25Cl2N7O. The van der Waals surface area contributed by atoms with Gasteiger partial charge in [-0.05, 0) is 51.2 Å². The van der Waals surface area contributed by atoms with Gasteiger partial charge in [-0.25, -0.2) is 4.98 Å². The molecule has 8 nitrogen and oxygen atoms in total. The van der Waals surface area contributed by atoms with Crippen molar-refractivity contribution in [3.05, 3.63) is 58.5 Å². The molecule has 0 aliphatic carbocycles. The van der Waals surface area contributed by atoms with Crippen molar-refractivity contribution in [3.8, 4) is 11.3 Å². The van der Waals surface area contributed by atoms with Crippen LogP contribution in [-0.2, 0) is 0 Å². The van der Waals surface area contributed by atoms with Crippen LogP contribution < -0.4 is 9.80 Å². The van der Waals surface area contributed by atoms with Crippen molar-refractivity contribution in [1.29, 1.82) is 0 Å². The molecule has 0 radical (unpaired) electrons. The lowest BCUT2D eigenvalue weighted by Crippen LogP contribution is -2.45. The molecule has 0 spiro atoms. The van der Waals surface area contributed by atoms with Gasteiger partial charge < -0.3 is 14.8 Å². The number of piperidine rings is 1. The Bertz CT molecular complexity index is 1420. The highest BCUT2D eigenvalue weighted by Gasteiger charge is 2.33. The number of halogens is 2. The average molecular weight is 510 g/mol. The van der Waals surface area contributed by atoms with Crippen LogP contribution in [-0.4, -0.2) is 64.4 Å². The van der Waals surface area contributed by atoms with Gasteiger partial charge in [0.15, 0.2) is 0 Å². The van der Waals surface area contributed by atoms with Gasteiger partial charge in [-0.3, -0.25) is 14.4 Å². The monoisotopic (exact) mass is 509 g/mol. The molecule has 10 heteroatoms. The van der Waals surface area contributed by atoms with Crippen LogP contribution in [0.25, 0.3) is 22.3 Å². The number of hydrogen-bond donors (Lipinski definition) is 1. The van der Waals surface area contributed by atoms with Gasteiger partial charge in [-0.1, -0.05) is 29.3 Å². The SMILES string of the molecule is CN1CCC(n2cc(-c3cc4c5c(cnc4[nH]3)C(=O)N(c3c(Cl)cccc3Cl)CN5C)cn2)CC1. The third kappa shape index (κ3) is 3.76. The van der Waals surface area contributed by atoms with E-state index in [1.807, 2.05) is 18.1 Å². The Morgan fingerprint density at radius 2 is 1.80 bits per heavy atom. The van der Waals surface area contributed by atoms with Crippen LogP contribution in [0.3, 0.4) is 0 Å². The number of rotatable bonds is 3. The van der Waals surface area contributed by atoms with Crippen molar-refractivity contribution in [1.82, 2.24) is 24.6 Å². The summed E-state index contributed by atoms with van der Waals surface area (Å²) in [6, 6.07) is 7.70. The Kier molecular flexibility index (Phi) is 5.47. The van der Waals surface area contributed by atoms with Crippen molar-refractivity contribution in [3.63, 3.8) is 0 Å². The number of carbonyl (C=O) groups excluding carboxylic acids is 1. The van der Waals surface area contributed by atoms with Gasteiger partial charge in [0.25, 0.3) is 5.91 Å². The molecule has 0 atom stereocenters. The van der Waals surface area contributed by atoms with E-state index in [4.69, 9.17) is 23.2 Å². The van der Waals surface area contributed by atoms with Crippen molar-refractivity contribution in [2.45, 2.75) is 18.9 Å². The normalized spacial score (nSPS) is 17.4. The number of likely N-dealkylation sites (tertiary alicyclic amines) is 1. The van der Waals surface area contributed by atoms with Gasteiger partial charge in [-0.15, -0.1) is 0 Å². The summed E-state index contributed by atoms with van der Waals surface area (Å²) >= 11 is 12.8. The molecule has 180 valence electrons. The van der Waals surface area contributed by atoms with Crippen molar-refractivity contribution >= 4 is 51.5 Å². The molecule has 1 fully saturated rings. The summed E-state index contributed by atoms with van der Waals surface area (Å²) in [5.41, 5.74) is 4.52. The second kappa shape index (κ2) is 8.55. The van der Waals surface area contributed by atoms with Gasteiger partial charge in [0, 0.05) is 30.4 Å². The molecule has 3 aromatic heterocycles. The van der Waals surface area contributed by atoms with Crippen molar-refractivity contribution < 1.29 is 4.79 Å². The Balaban J connectivity index is 1.36. The summed E-state index contributed by atoms with van der Waals surface area (Å²) in [5.74, 6) is -0.180. The maximum Gasteiger partial charge on any atom is 0.263 e. The Morgan fingerprint density at radius 1 is 1.06 bits per heavy atom. The number of benzene rings is 1. The number of fused-ring (bicyclic) bond motifs is 3. The molecule has 0 unspecified atom stereocenters. The van der Waals surface area contributed by atoms with Gasteiger partial charge in [0.1, 0.15) is 5.65 Å². The van der Waals surface area contributed by atoms with Crippen molar-refractivity contribution in [2.24, 2.45) is 0 Å². The van der Waals surface area contributed by atoms with E-state index in [0.717, 1.165) is 53.9 Å². The molecule has 0 bridgehead atoms. The van der Waals surface area contributed by atoms with E-state index < -0.39 is 0 Å². The molecule has 0 saturated carbocycles. The molecule has 2 aliphatic heterocycles. The number of hydrogen-bond acceptors (Lipinski definition) is 5. The lowest BCUT2D eigenvalue weighted by atomic mass is 10.1. The minimum Gasteiger partial charge on any atom is -0.355 e. The first-order valence-electron chi connectivity index (χ1n) is 11.6. The number of para-hydroxylation sites is 1. The highest BCUT2D eigenvalue weighted by molar-refractivity contribution is 6.40. The molecule has 1 saturated heterocycles. The Hall–Kier alpha value is -3.07. The van der Waals surface area contributed by atoms with Crippen LogP contribution in [0.5, 0.6) is 0 Å². The zero-order valence-corrected chi connectivity index (χ0v) is 21.0. The fourth-order valence-electron chi connectivity index (χ4n) is 5.13. The van der Waals surface area contributed by atoms with Crippen LogP contribution in [0.2, 0.25) is 10.0 Å². The summed E-state index contributed by atoms with van der Waals surface area (Å²) in [6.45, 7) is 2.49. The van der Waals surface area contributed by atoms with E-state index in [9.17, 15) is 4.79 Å². The molecular weight excluding hydrogens is 485 g/mol. The predicted octanol–water partition coefficient (Wildman–Crippen LogP) is 5.05. The maximum atomic E-state index is 13.5. The zero-order valence-electron chi connectivity index (χ0n) is 19.5. The first-order valence-corrected chi connectivity index (χ1v) is 12.4. The fourth-order valence-corrected chi connectivity index (χ4v) is 5.73. The van der Waals surface area contributed by atoms with Gasteiger partial charge in [-0.2, -0.15) is 5.10 Å². The van der Waals surface area contributed by atoms with Crippen LogP contribution in [0.1, 0.15) is 29.2 Å². The minimum atomic E-state index is -0.180. The maximum absolute atomic E-state index is 13.5. The number of anilines is 2. The van der Waals surface area contributed by atoms with E-state index in [1.54, 1.807) is 29.3 Å². The van der Waals surface area contributed by atoms with Crippen molar-refractivity contribution in [2.75, 3.05) is 43.7 Å². The summed E-state index contributed by atoms with van der Waals surface area (Å²) < 4.78 is 2.08. The average Bonchev–Trinajstić information content (AvgIpc) is 3.49. The van der Waals surface area contributed by atoms with E-state index in [0.29, 0.717) is 34.0 Å². The van der Waals surface area contributed by atoms with E-state index in [-0.39, 0.29) is 5.91 Å². The minimum absolute atomic E-state index is 0.180. The fraction of sp³-hybridized carbons (Fsp3) is 0.320. The van der Waals surface area contributed by atoms with Crippen LogP contribution in [0.15, 0.2) is 42.9 Å². The number of carbonyl (C=O) groups is 1. The second-order valence-electron chi connectivity index (χ2n) is 9.35. The number of nitrogens with zero attached hydrogens (tertiary/aromatic N) is 6. The highest BCUT2D eigenvalue weighted by atomic mass is 35.5. The number of aromatic nitrogens is 4. The van der Waals surface area contributed by atoms with Crippen LogP contribution >= 0.6 is 23.2 Å². The lowest BCUT2D eigenvalue weighted by Gasteiger charge is -2.36. The van der Waals surface area contributed by atoms with Gasteiger partial charge in [0.2, 0.25) is 0 Å². The third-order valence-electron chi connectivity index (χ3n) is 7.02. The van der Waals surface area contributed by atoms with Crippen LogP contribution in [0, 0.1) is 0 Å². The number of aromatic amines is 1. The molecule has 2 aliphatic rings. The first kappa shape index (κ1) is 22.4. The van der Waals surface area contributed by atoms with E-state index in [2.05, 4.69) is 44.0 Å². The highest BCUT2D eigenvalue weighted by Crippen LogP contribution is 2.40. The van der Waals surface area contributed by atoms with E-state index >= 15 is 0 Å². The molecule has 6 rings (SSSR count). The standard InChI is InChI=1S/C25H25Cl2N7O/c1-31-8-6-16(7-9-31)34-13-15(11-29-34)21-10-17-22-18(12-28-24(17)30-21)25(35)33(14-32(22)2)23-19(26)4-3-5-20(23)27/h3-5,10-13,16H,6-9,14H2,1-2H3,(H,28,30). The Labute approximate surface area is 213 Å². The third-order valence-corrected chi connectivity index (χ3v) is 7.63. The molecule has 4 aromatic rings. The summed E-state index contributed by atoms with van der Waals surface area (Å²) in [6.07, 6.45) is 7.81. The number of amides is 1. The number of H-pyrrole nitrogens is 1. The summed E-state index contributed by atoms with van der Waals surface area (Å²) in [5, 5.41) is 6.41. The van der Waals surface area contributed by atoms with Gasteiger partial charge >= 0.3 is 0 Å². The molecule has 1 aromatic carbocycles.